The van der Waals surface area contributed by atoms with Gasteiger partial charge in [-0.25, -0.2) is 8.78 Å². The molecule has 5 nitrogen and oxygen atoms in total. The molecule has 0 atom stereocenters. The lowest BCUT2D eigenvalue weighted by atomic mass is 9.96. The summed E-state index contributed by atoms with van der Waals surface area (Å²) in [5.74, 6) is -2.79. The lowest BCUT2D eigenvalue weighted by Gasteiger charge is -2.09. The molecular formula is C19H17F2N3O2S. The number of hydrogen-bond acceptors (Lipinski definition) is 4. The van der Waals surface area contributed by atoms with Crippen LogP contribution in [0.4, 0.5) is 13.8 Å². The molecule has 2 amide bonds. The van der Waals surface area contributed by atoms with Gasteiger partial charge in [-0.15, -0.1) is 11.3 Å². The summed E-state index contributed by atoms with van der Waals surface area (Å²) in [6, 6.07) is 4.84. The molecule has 0 saturated heterocycles. The third-order valence-corrected chi connectivity index (χ3v) is 5.56. The first-order valence-corrected chi connectivity index (χ1v) is 9.39. The van der Waals surface area contributed by atoms with Gasteiger partial charge in [-0.3, -0.25) is 9.59 Å². The Morgan fingerprint density at radius 1 is 1.22 bits per heavy atom. The van der Waals surface area contributed by atoms with Crippen molar-refractivity contribution in [1.29, 1.82) is 5.26 Å². The Kier molecular flexibility index (Phi) is 5.81. The maximum Gasteiger partial charge on any atom is 0.254 e. The molecule has 0 unspecified atom stereocenters. The molecule has 0 radical (unpaired) electrons. The quantitative estimate of drug-likeness (QED) is 0.821. The Morgan fingerprint density at radius 2 is 2.00 bits per heavy atom. The Hall–Kier alpha value is -2.79. The van der Waals surface area contributed by atoms with Crippen LogP contribution in [-0.2, 0) is 17.6 Å². The Balaban J connectivity index is 1.55. The van der Waals surface area contributed by atoms with Gasteiger partial charge in [0.25, 0.3) is 5.91 Å². The molecule has 0 fully saturated rings. The molecule has 0 spiro atoms. The molecule has 0 bridgehead atoms. The van der Waals surface area contributed by atoms with Crippen LogP contribution < -0.4 is 10.6 Å². The van der Waals surface area contributed by atoms with Crippen molar-refractivity contribution in [2.24, 2.45) is 0 Å². The number of carbonyl (C=O) groups is 2. The molecule has 1 aliphatic rings. The maximum atomic E-state index is 13.6. The van der Waals surface area contributed by atoms with E-state index in [1.807, 2.05) is 0 Å². The van der Waals surface area contributed by atoms with E-state index in [1.165, 1.54) is 11.3 Å². The number of amides is 2. The smallest absolute Gasteiger partial charge is 0.254 e. The van der Waals surface area contributed by atoms with Gasteiger partial charge in [0.1, 0.15) is 22.7 Å². The van der Waals surface area contributed by atoms with Gasteiger partial charge in [0.2, 0.25) is 5.91 Å². The molecule has 0 saturated carbocycles. The summed E-state index contributed by atoms with van der Waals surface area (Å²) in [6.45, 7) is -0.00550. The summed E-state index contributed by atoms with van der Waals surface area (Å²) in [4.78, 5) is 25.2. The predicted octanol–water partition coefficient (Wildman–Crippen LogP) is 3.54. The van der Waals surface area contributed by atoms with Gasteiger partial charge in [0, 0.05) is 23.9 Å². The van der Waals surface area contributed by atoms with E-state index < -0.39 is 17.5 Å². The lowest BCUT2D eigenvalue weighted by molar-refractivity contribution is -0.116. The van der Waals surface area contributed by atoms with Crippen LogP contribution in [0.2, 0.25) is 0 Å². The average Bonchev–Trinajstić information content (AvgIpc) is 2.98. The van der Waals surface area contributed by atoms with Gasteiger partial charge in [-0.05, 0) is 43.4 Å². The first kappa shape index (κ1) is 19.0. The van der Waals surface area contributed by atoms with Gasteiger partial charge in [-0.1, -0.05) is 0 Å². The van der Waals surface area contributed by atoms with E-state index in [4.69, 9.17) is 0 Å². The average molecular weight is 389 g/mol. The summed E-state index contributed by atoms with van der Waals surface area (Å²) in [5.41, 5.74) is 1.28. The number of thiophene rings is 1. The monoisotopic (exact) mass is 389 g/mol. The first-order valence-electron chi connectivity index (χ1n) is 8.57. The fourth-order valence-corrected chi connectivity index (χ4v) is 4.28. The minimum atomic E-state index is -0.959. The number of anilines is 1. The van der Waals surface area contributed by atoms with E-state index in [1.54, 1.807) is 0 Å². The molecule has 2 aromatic rings. The normalized spacial score (nSPS) is 12.8. The first-order chi connectivity index (χ1) is 13.0. The highest BCUT2D eigenvalue weighted by Crippen LogP contribution is 2.37. The molecule has 0 aliphatic heterocycles. The number of rotatable bonds is 5. The molecule has 140 valence electrons. The number of fused-ring (bicyclic) bond motifs is 1. The van der Waals surface area contributed by atoms with Gasteiger partial charge >= 0.3 is 0 Å². The van der Waals surface area contributed by atoms with Crippen molar-refractivity contribution in [3.8, 4) is 6.07 Å². The highest BCUT2D eigenvalue weighted by molar-refractivity contribution is 7.16. The predicted molar refractivity (Wildman–Crippen MR) is 97.6 cm³/mol. The van der Waals surface area contributed by atoms with Crippen LogP contribution in [0.25, 0.3) is 0 Å². The van der Waals surface area contributed by atoms with E-state index in [0.29, 0.717) is 16.6 Å². The summed E-state index contributed by atoms with van der Waals surface area (Å²) < 4.78 is 26.4. The van der Waals surface area contributed by atoms with Crippen LogP contribution in [0.15, 0.2) is 18.2 Å². The van der Waals surface area contributed by atoms with Gasteiger partial charge in [0.05, 0.1) is 11.1 Å². The highest BCUT2D eigenvalue weighted by Gasteiger charge is 2.21. The number of carbonyl (C=O) groups excluding carboxylic acids is 2. The molecule has 1 aromatic carbocycles. The third-order valence-electron chi connectivity index (χ3n) is 4.35. The molecule has 2 N–H and O–H groups in total. The zero-order valence-electron chi connectivity index (χ0n) is 14.4. The van der Waals surface area contributed by atoms with E-state index in [2.05, 4.69) is 16.7 Å². The van der Waals surface area contributed by atoms with Crippen molar-refractivity contribution >= 4 is 28.2 Å². The zero-order chi connectivity index (χ0) is 19.4. The number of nitrogens with one attached hydrogen (secondary N) is 2. The fraction of sp³-hybridized carbons (Fsp3) is 0.316. The van der Waals surface area contributed by atoms with Crippen LogP contribution in [0, 0.1) is 23.0 Å². The number of halogens is 2. The van der Waals surface area contributed by atoms with Crippen LogP contribution in [-0.4, -0.2) is 18.4 Å². The summed E-state index contributed by atoms with van der Waals surface area (Å²) >= 11 is 1.43. The van der Waals surface area contributed by atoms with Crippen molar-refractivity contribution < 1.29 is 18.4 Å². The van der Waals surface area contributed by atoms with Crippen LogP contribution in [0.5, 0.6) is 0 Å². The minimum absolute atomic E-state index is 0.00550. The number of nitrogens with zero attached hydrogens (tertiary/aromatic N) is 1. The molecular weight excluding hydrogens is 372 g/mol. The van der Waals surface area contributed by atoms with Gasteiger partial charge in [-0.2, -0.15) is 5.26 Å². The Labute approximate surface area is 159 Å². The molecule has 1 aliphatic carbocycles. The molecule has 1 aromatic heterocycles. The molecule has 1 heterocycles. The van der Waals surface area contributed by atoms with Crippen LogP contribution in [0.3, 0.4) is 0 Å². The lowest BCUT2D eigenvalue weighted by Crippen LogP contribution is -2.28. The summed E-state index contributed by atoms with van der Waals surface area (Å²) in [7, 11) is 0. The Morgan fingerprint density at radius 3 is 2.74 bits per heavy atom. The number of aryl methyl sites for hydroxylation is 1. The highest BCUT2D eigenvalue weighted by atomic mass is 32.1. The fourth-order valence-electron chi connectivity index (χ4n) is 3.02. The second-order valence-corrected chi connectivity index (χ2v) is 7.31. The van der Waals surface area contributed by atoms with Crippen LogP contribution in [0.1, 0.15) is 45.6 Å². The minimum Gasteiger partial charge on any atom is -0.351 e. The van der Waals surface area contributed by atoms with E-state index in [9.17, 15) is 23.6 Å². The SMILES string of the molecule is N#Cc1c(NC(=O)CCNC(=O)c2ccc(F)cc2F)sc2c1CCCC2. The van der Waals surface area contributed by atoms with Gasteiger partial charge in [0.15, 0.2) is 0 Å². The molecule has 3 rings (SSSR count). The third kappa shape index (κ3) is 4.31. The summed E-state index contributed by atoms with van der Waals surface area (Å²) in [6.07, 6.45) is 3.87. The van der Waals surface area contributed by atoms with Crippen molar-refractivity contribution in [3.63, 3.8) is 0 Å². The second kappa shape index (κ2) is 8.27. The van der Waals surface area contributed by atoms with Crippen molar-refractivity contribution in [2.45, 2.75) is 32.1 Å². The second-order valence-electron chi connectivity index (χ2n) is 6.21. The van der Waals surface area contributed by atoms with E-state index >= 15 is 0 Å². The topological polar surface area (TPSA) is 82.0 Å². The van der Waals surface area contributed by atoms with E-state index in [0.717, 1.165) is 48.3 Å². The maximum absolute atomic E-state index is 13.6. The molecule has 8 heteroatoms. The Bertz CT molecular complexity index is 934. The van der Waals surface area contributed by atoms with Gasteiger partial charge < -0.3 is 10.6 Å². The van der Waals surface area contributed by atoms with Crippen molar-refractivity contribution in [3.05, 3.63) is 51.4 Å². The number of nitriles is 1. The number of benzene rings is 1. The van der Waals surface area contributed by atoms with Crippen molar-refractivity contribution in [1.82, 2.24) is 5.32 Å². The molecule has 27 heavy (non-hydrogen) atoms. The standard InChI is InChI=1S/C19H17F2N3O2S/c20-11-5-6-13(15(21)9-11)18(26)23-8-7-17(25)24-19-14(10-22)12-3-1-2-4-16(12)27-19/h5-6,9H,1-4,7-8H2,(H,23,26)(H,24,25). The number of hydrogen-bond donors (Lipinski definition) is 2. The van der Waals surface area contributed by atoms with Crippen molar-refractivity contribution in [2.75, 3.05) is 11.9 Å². The summed E-state index contributed by atoms with van der Waals surface area (Å²) in [5, 5.41) is 15.1. The van der Waals surface area contributed by atoms with E-state index in [-0.39, 0.29) is 24.4 Å². The van der Waals surface area contributed by atoms with Crippen LogP contribution >= 0.6 is 11.3 Å². The largest absolute Gasteiger partial charge is 0.351 e. The zero-order valence-corrected chi connectivity index (χ0v) is 15.2.